The van der Waals surface area contributed by atoms with Crippen molar-refractivity contribution >= 4 is 29.7 Å². The monoisotopic (exact) mass is 373 g/mol. The summed E-state index contributed by atoms with van der Waals surface area (Å²) in [4.78, 5) is 36.3. The zero-order chi connectivity index (χ0) is 19.1. The molecule has 0 unspecified atom stereocenters. The highest BCUT2D eigenvalue weighted by molar-refractivity contribution is 7.98. The van der Waals surface area contributed by atoms with Crippen molar-refractivity contribution in [1.82, 2.24) is 10.6 Å². The molecule has 0 heterocycles. The van der Waals surface area contributed by atoms with Crippen molar-refractivity contribution in [3.8, 4) is 0 Å². The third-order valence-electron chi connectivity index (χ3n) is 4.08. The van der Waals surface area contributed by atoms with Gasteiger partial charge >= 0.3 is 6.09 Å². The number of rotatable bonds is 7. The van der Waals surface area contributed by atoms with Crippen molar-refractivity contribution in [1.29, 1.82) is 0 Å². The number of carbonyl (C=O) groups is 3. The molecule has 0 bridgehead atoms. The van der Waals surface area contributed by atoms with Crippen LogP contribution in [-0.2, 0) is 14.3 Å². The number of carbonyl (C=O) groups excluding carboxylic acids is 3. The number of carboxylic acids is 1. The average Bonchev–Trinajstić information content (AvgIpc) is 2.49. The Hall–Kier alpha value is -1.44. The lowest BCUT2D eigenvalue weighted by atomic mass is 9.80. The lowest BCUT2D eigenvalue weighted by Crippen LogP contribution is -2.63. The maximum Gasteiger partial charge on any atom is 0.408 e. The SMILES string of the molecule is CSCC[C@@H](NC(=O)C1(NC(=O)OC(C)(C)C)CCCCC1)C(=O)[O-]. The molecule has 0 aromatic carbocycles. The van der Waals surface area contributed by atoms with Gasteiger partial charge in [0, 0.05) is 0 Å². The molecule has 0 saturated heterocycles. The second kappa shape index (κ2) is 9.31. The predicted molar refractivity (Wildman–Crippen MR) is 95.1 cm³/mol. The van der Waals surface area contributed by atoms with Crippen molar-refractivity contribution in [2.45, 2.75) is 76.5 Å². The van der Waals surface area contributed by atoms with Gasteiger partial charge in [-0.05, 0) is 52.0 Å². The third kappa shape index (κ3) is 7.13. The number of nitrogens with one attached hydrogen (secondary N) is 2. The highest BCUT2D eigenvalue weighted by atomic mass is 32.2. The summed E-state index contributed by atoms with van der Waals surface area (Å²) in [5, 5.41) is 16.5. The summed E-state index contributed by atoms with van der Waals surface area (Å²) >= 11 is 1.49. The maximum absolute atomic E-state index is 12.8. The second-order valence-corrected chi connectivity index (χ2v) is 8.38. The van der Waals surface area contributed by atoms with E-state index in [0.717, 1.165) is 19.3 Å². The minimum atomic E-state index is -1.31. The Balaban J connectivity index is 2.86. The molecule has 1 fully saturated rings. The maximum atomic E-state index is 12.8. The molecule has 1 aliphatic carbocycles. The molecular formula is C17H29N2O5S-. The van der Waals surface area contributed by atoms with E-state index in [-0.39, 0.29) is 6.42 Å². The van der Waals surface area contributed by atoms with Crippen LogP contribution in [0.5, 0.6) is 0 Å². The van der Waals surface area contributed by atoms with Crippen LogP contribution in [-0.4, -0.2) is 47.2 Å². The van der Waals surface area contributed by atoms with Crippen LogP contribution in [0.3, 0.4) is 0 Å². The number of hydrogen-bond donors (Lipinski definition) is 2. The van der Waals surface area contributed by atoms with E-state index >= 15 is 0 Å². The molecule has 1 atom stereocenters. The Morgan fingerprint density at radius 2 is 1.80 bits per heavy atom. The van der Waals surface area contributed by atoms with Gasteiger partial charge in [-0.25, -0.2) is 4.79 Å². The van der Waals surface area contributed by atoms with Crippen LogP contribution in [0.25, 0.3) is 0 Å². The smallest absolute Gasteiger partial charge is 0.408 e. The number of thioether (sulfide) groups is 1. The van der Waals surface area contributed by atoms with E-state index in [2.05, 4.69) is 10.6 Å². The molecule has 1 aliphatic rings. The van der Waals surface area contributed by atoms with Gasteiger partial charge in [0.1, 0.15) is 11.1 Å². The number of ether oxygens (including phenoxy) is 1. The second-order valence-electron chi connectivity index (χ2n) is 7.40. The van der Waals surface area contributed by atoms with Gasteiger partial charge in [-0.15, -0.1) is 0 Å². The summed E-state index contributed by atoms with van der Waals surface area (Å²) in [7, 11) is 0. The minimum Gasteiger partial charge on any atom is -0.548 e. The van der Waals surface area contributed by atoms with Crippen molar-refractivity contribution in [3.05, 3.63) is 0 Å². The summed E-state index contributed by atoms with van der Waals surface area (Å²) in [5.41, 5.74) is -1.81. The highest BCUT2D eigenvalue weighted by Crippen LogP contribution is 2.29. The topological polar surface area (TPSA) is 108 Å². The molecule has 2 amide bonds. The molecule has 0 aromatic heterocycles. The quantitative estimate of drug-likeness (QED) is 0.694. The van der Waals surface area contributed by atoms with Crippen LogP contribution in [0.1, 0.15) is 59.3 Å². The summed E-state index contributed by atoms with van der Waals surface area (Å²) < 4.78 is 5.27. The fraction of sp³-hybridized carbons (Fsp3) is 0.824. The zero-order valence-electron chi connectivity index (χ0n) is 15.5. The first-order valence-electron chi connectivity index (χ1n) is 8.61. The van der Waals surface area contributed by atoms with Gasteiger partial charge in [-0.3, -0.25) is 4.79 Å². The molecule has 7 nitrogen and oxygen atoms in total. The molecule has 0 aromatic rings. The van der Waals surface area contributed by atoms with Gasteiger partial charge in [0.05, 0.1) is 12.0 Å². The molecule has 0 aliphatic heterocycles. The average molecular weight is 373 g/mol. The molecule has 25 heavy (non-hydrogen) atoms. The molecule has 1 saturated carbocycles. The Bertz CT molecular complexity index is 484. The van der Waals surface area contributed by atoms with Gasteiger partial charge in [0.2, 0.25) is 5.91 Å². The van der Waals surface area contributed by atoms with E-state index in [1.807, 2.05) is 6.26 Å². The molecule has 0 spiro atoms. The lowest BCUT2D eigenvalue weighted by molar-refractivity contribution is -0.308. The van der Waals surface area contributed by atoms with Crippen LogP contribution in [0.15, 0.2) is 0 Å². The first kappa shape index (κ1) is 21.6. The summed E-state index contributed by atoms with van der Waals surface area (Å²) in [6, 6.07) is -1.07. The van der Waals surface area contributed by atoms with Crippen molar-refractivity contribution in [2.24, 2.45) is 0 Å². The Morgan fingerprint density at radius 3 is 2.28 bits per heavy atom. The Morgan fingerprint density at radius 1 is 1.20 bits per heavy atom. The fourth-order valence-electron chi connectivity index (χ4n) is 2.84. The van der Waals surface area contributed by atoms with E-state index in [0.29, 0.717) is 18.6 Å². The van der Waals surface area contributed by atoms with Gasteiger partial charge < -0.3 is 25.3 Å². The van der Waals surface area contributed by atoms with Gasteiger partial charge in [0.25, 0.3) is 0 Å². The minimum absolute atomic E-state index is 0.276. The third-order valence-corrected chi connectivity index (χ3v) is 4.73. The number of amides is 2. The van der Waals surface area contributed by atoms with Crippen LogP contribution in [0.4, 0.5) is 4.79 Å². The Kier molecular flexibility index (Phi) is 8.05. The van der Waals surface area contributed by atoms with E-state index < -0.39 is 35.2 Å². The van der Waals surface area contributed by atoms with E-state index in [1.54, 1.807) is 20.8 Å². The normalized spacial score (nSPS) is 18.1. The number of aliphatic carboxylic acids is 1. The molecular weight excluding hydrogens is 344 g/mol. The highest BCUT2D eigenvalue weighted by Gasteiger charge is 2.42. The van der Waals surface area contributed by atoms with Crippen LogP contribution >= 0.6 is 11.8 Å². The standard InChI is InChI=1S/C17H30N2O5S/c1-16(2,3)24-15(23)19-17(9-6-5-7-10-17)14(22)18-12(13(20)21)8-11-25-4/h12H,5-11H2,1-4H3,(H,18,22)(H,19,23)(H,20,21)/p-1/t12-/m1/s1. The first-order valence-corrected chi connectivity index (χ1v) is 10.0. The van der Waals surface area contributed by atoms with E-state index in [4.69, 9.17) is 4.74 Å². The lowest BCUT2D eigenvalue weighted by Gasteiger charge is -2.38. The van der Waals surface area contributed by atoms with Crippen LogP contribution in [0, 0.1) is 0 Å². The molecule has 0 radical (unpaired) electrons. The van der Waals surface area contributed by atoms with Crippen molar-refractivity contribution in [3.63, 3.8) is 0 Å². The Labute approximate surface area is 153 Å². The zero-order valence-corrected chi connectivity index (χ0v) is 16.3. The summed E-state index contributed by atoms with van der Waals surface area (Å²) in [5.74, 6) is -1.20. The largest absolute Gasteiger partial charge is 0.548 e. The van der Waals surface area contributed by atoms with Gasteiger partial charge in [-0.2, -0.15) is 11.8 Å². The first-order chi connectivity index (χ1) is 11.6. The fourth-order valence-corrected chi connectivity index (χ4v) is 3.32. The summed E-state index contributed by atoms with van der Waals surface area (Å²) in [6.07, 6.45) is 4.92. The van der Waals surface area contributed by atoms with Gasteiger partial charge in [-0.1, -0.05) is 19.3 Å². The van der Waals surface area contributed by atoms with Crippen LogP contribution in [0.2, 0.25) is 0 Å². The molecule has 144 valence electrons. The van der Waals surface area contributed by atoms with Gasteiger partial charge in [0.15, 0.2) is 0 Å². The van der Waals surface area contributed by atoms with Crippen molar-refractivity contribution in [2.75, 3.05) is 12.0 Å². The van der Waals surface area contributed by atoms with E-state index in [1.165, 1.54) is 11.8 Å². The predicted octanol–water partition coefficient (Wildman–Crippen LogP) is 1.20. The molecule has 8 heteroatoms. The number of carboxylic acid groups (broad SMARTS) is 1. The van der Waals surface area contributed by atoms with Crippen molar-refractivity contribution < 1.29 is 24.2 Å². The molecule has 1 rings (SSSR count). The van der Waals surface area contributed by atoms with E-state index in [9.17, 15) is 19.5 Å². The van der Waals surface area contributed by atoms with Crippen LogP contribution < -0.4 is 15.7 Å². The summed E-state index contributed by atoms with van der Waals surface area (Å²) in [6.45, 7) is 5.23. The molecule has 2 N–H and O–H groups in total. The number of alkyl carbamates (subject to hydrolysis) is 1. The number of hydrogen-bond acceptors (Lipinski definition) is 6.